The summed E-state index contributed by atoms with van der Waals surface area (Å²) in [5, 5.41) is 1.06. The molecule has 0 amide bonds. The van der Waals surface area contributed by atoms with Crippen molar-refractivity contribution in [3.63, 3.8) is 0 Å². The smallest absolute Gasteiger partial charge is 0.223 e. The number of imidazole rings is 1. The Morgan fingerprint density at radius 3 is 3.08 bits per heavy atom. The molecule has 3 aromatic rings. The van der Waals surface area contributed by atoms with Crippen molar-refractivity contribution in [3.05, 3.63) is 42.4 Å². The number of fused-ring (bicyclic) bond motifs is 1. The molecule has 2 aromatic heterocycles. The van der Waals surface area contributed by atoms with Gasteiger partial charge in [-0.05, 0) is 31.5 Å². The van der Waals surface area contributed by atoms with Crippen molar-refractivity contribution in [2.75, 3.05) is 20.2 Å². The molecule has 1 atom stereocenters. The van der Waals surface area contributed by atoms with Crippen LogP contribution < -0.4 is 4.74 Å². The lowest BCUT2D eigenvalue weighted by Gasteiger charge is -2.32. The van der Waals surface area contributed by atoms with Crippen LogP contribution >= 0.6 is 0 Å². The molecular formula is C20H22N4O2. The molecule has 1 aromatic carbocycles. The number of carbonyl (C=O) groups excluding carboxylic acids is 1. The monoisotopic (exact) mass is 350 g/mol. The number of hydrogen-bond acceptors (Lipinski definition) is 5. The van der Waals surface area contributed by atoms with Gasteiger partial charge in [0.15, 0.2) is 0 Å². The molecule has 1 saturated heterocycles. The number of piperidine rings is 1. The lowest BCUT2D eigenvalue weighted by atomic mass is 10.0. The van der Waals surface area contributed by atoms with E-state index >= 15 is 0 Å². The van der Waals surface area contributed by atoms with Crippen LogP contribution in [0.4, 0.5) is 0 Å². The molecule has 0 bridgehead atoms. The van der Waals surface area contributed by atoms with Crippen molar-refractivity contribution < 1.29 is 9.53 Å². The van der Waals surface area contributed by atoms with Crippen LogP contribution in [0.15, 0.2) is 36.5 Å². The molecule has 1 fully saturated rings. The van der Waals surface area contributed by atoms with Crippen LogP contribution in [0.25, 0.3) is 22.2 Å². The number of methoxy groups -OCH3 is 1. The molecule has 134 valence electrons. The largest absolute Gasteiger partial charge is 0.480 e. The minimum absolute atomic E-state index is 0.155. The first-order valence-electron chi connectivity index (χ1n) is 8.97. The summed E-state index contributed by atoms with van der Waals surface area (Å²) in [4.78, 5) is 25.8. The highest BCUT2D eigenvalue weighted by atomic mass is 16.5. The number of rotatable bonds is 5. The Morgan fingerprint density at radius 2 is 2.23 bits per heavy atom. The van der Waals surface area contributed by atoms with Gasteiger partial charge in [-0.15, -0.1) is 0 Å². The molecule has 0 spiro atoms. The second kappa shape index (κ2) is 7.25. The molecule has 6 nitrogen and oxygen atoms in total. The van der Waals surface area contributed by atoms with Crippen LogP contribution in [0.1, 0.15) is 31.1 Å². The fourth-order valence-electron chi connectivity index (χ4n) is 3.70. The Kier molecular flexibility index (Phi) is 4.67. The number of aromatic amines is 1. The Hall–Kier alpha value is -2.73. The fraction of sp³-hybridized carbons (Fsp3) is 0.350. The number of nitrogens with one attached hydrogen (secondary N) is 1. The van der Waals surface area contributed by atoms with Crippen molar-refractivity contribution in [1.82, 2.24) is 19.9 Å². The van der Waals surface area contributed by atoms with E-state index in [9.17, 15) is 4.79 Å². The zero-order valence-electron chi connectivity index (χ0n) is 14.8. The topological polar surface area (TPSA) is 71.1 Å². The number of aldehydes is 1. The Bertz CT molecular complexity index is 921. The van der Waals surface area contributed by atoms with Crippen molar-refractivity contribution in [1.29, 1.82) is 0 Å². The number of para-hydroxylation sites is 1. The van der Waals surface area contributed by atoms with Gasteiger partial charge < -0.3 is 14.5 Å². The third-order valence-corrected chi connectivity index (χ3v) is 5.01. The number of nitrogens with zero attached hydrogens (tertiary/aromatic N) is 3. The highest BCUT2D eigenvalue weighted by Crippen LogP contribution is 2.33. The van der Waals surface area contributed by atoms with E-state index in [0.29, 0.717) is 12.4 Å². The predicted octanol–water partition coefficient (Wildman–Crippen LogP) is 3.36. The van der Waals surface area contributed by atoms with Crippen molar-refractivity contribution >= 4 is 17.2 Å². The van der Waals surface area contributed by atoms with E-state index in [1.54, 1.807) is 7.11 Å². The first kappa shape index (κ1) is 16.7. The third-order valence-electron chi connectivity index (χ3n) is 5.01. The standard InChI is InChI=1S/C20H22N4O2/c1-26-20-15(12-14-6-2-3-7-16(14)23-20)17-13-21-19(22-17)18-8-4-5-9-24(18)10-11-25/h2-3,6-7,11-13,18H,4-5,8-10H2,1H3,(H,21,22). The molecule has 26 heavy (non-hydrogen) atoms. The number of aromatic nitrogens is 3. The minimum atomic E-state index is 0.155. The highest BCUT2D eigenvalue weighted by molar-refractivity contribution is 5.85. The number of pyridine rings is 1. The third kappa shape index (κ3) is 3.08. The van der Waals surface area contributed by atoms with Gasteiger partial charge in [-0.2, -0.15) is 0 Å². The van der Waals surface area contributed by atoms with E-state index in [1.165, 1.54) is 0 Å². The maximum absolute atomic E-state index is 11.0. The molecule has 0 saturated carbocycles. The summed E-state index contributed by atoms with van der Waals surface area (Å²) in [6.07, 6.45) is 6.08. The molecule has 4 rings (SSSR count). The van der Waals surface area contributed by atoms with E-state index in [4.69, 9.17) is 4.74 Å². The lowest BCUT2D eigenvalue weighted by molar-refractivity contribution is -0.109. The van der Waals surface area contributed by atoms with Gasteiger partial charge in [0.25, 0.3) is 0 Å². The molecular weight excluding hydrogens is 328 g/mol. The van der Waals surface area contributed by atoms with Gasteiger partial charge in [0.05, 0.1) is 42.7 Å². The minimum Gasteiger partial charge on any atom is -0.480 e. The SMILES string of the molecule is COc1nc2ccccc2cc1-c1cnc(C2CCCCN2CC=O)[nH]1. The maximum atomic E-state index is 11.0. The lowest BCUT2D eigenvalue weighted by Crippen LogP contribution is -2.35. The van der Waals surface area contributed by atoms with Gasteiger partial charge in [-0.25, -0.2) is 9.97 Å². The number of carbonyl (C=O) groups is 1. The number of likely N-dealkylation sites (tertiary alicyclic amines) is 1. The van der Waals surface area contributed by atoms with Crippen molar-refractivity contribution in [3.8, 4) is 17.1 Å². The maximum Gasteiger partial charge on any atom is 0.223 e. The summed E-state index contributed by atoms with van der Waals surface area (Å²) in [6.45, 7) is 1.38. The summed E-state index contributed by atoms with van der Waals surface area (Å²) in [7, 11) is 1.63. The van der Waals surface area contributed by atoms with E-state index < -0.39 is 0 Å². The van der Waals surface area contributed by atoms with E-state index in [1.807, 2.05) is 30.5 Å². The molecule has 1 unspecified atom stereocenters. The molecule has 3 heterocycles. The summed E-state index contributed by atoms with van der Waals surface area (Å²) in [6, 6.07) is 10.2. The predicted molar refractivity (Wildman–Crippen MR) is 100 cm³/mol. The quantitative estimate of drug-likeness (QED) is 0.715. The Balaban J connectivity index is 1.71. The second-order valence-corrected chi connectivity index (χ2v) is 6.59. The average Bonchev–Trinajstić information content (AvgIpc) is 3.17. The van der Waals surface area contributed by atoms with Gasteiger partial charge in [0.2, 0.25) is 5.88 Å². The molecule has 1 aliphatic rings. The Morgan fingerprint density at radius 1 is 1.35 bits per heavy atom. The number of ether oxygens (including phenoxy) is 1. The van der Waals surface area contributed by atoms with Crippen LogP contribution in [-0.4, -0.2) is 46.3 Å². The van der Waals surface area contributed by atoms with E-state index in [0.717, 1.165) is 60.1 Å². The van der Waals surface area contributed by atoms with Gasteiger partial charge in [-0.1, -0.05) is 24.6 Å². The van der Waals surface area contributed by atoms with Gasteiger partial charge in [0.1, 0.15) is 12.1 Å². The fourth-order valence-corrected chi connectivity index (χ4v) is 3.70. The van der Waals surface area contributed by atoms with Crippen LogP contribution in [0.5, 0.6) is 5.88 Å². The molecule has 0 radical (unpaired) electrons. The zero-order valence-corrected chi connectivity index (χ0v) is 14.8. The molecule has 0 aliphatic carbocycles. The van der Waals surface area contributed by atoms with Crippen LogP contribution in [0.3, 0.4) is 0 Å². The zero-order chi connectivity index (χ0) is 17.9. The van der Waals surface area contributed by atoms with E-state index in [-0.39, 0.29) is 6.04 Å². The van der Waals surface area contributed by atoms with Crippen LogP contribution in [0, 0.1) is 0 Å². The van der Waals surface area contributed by atoms with E-state index in [2.05, 4.69) is 25.9 Å². The van der Waals surface area contributed by atoms with Gasteiger partial charge >= 0.3 is 0 Å². The summed E-state index contributed by atoms with van der Waals surface area (Å²) in [5.41, 5.74) is 2.67. The van der Waals surface area contributed by atoms with Gasteiger partial charge in [-0.3, -0.25) is 4.90 Å². The first-order chi connectivity index (χ1) is 12.8. The molecule has 1 aliphatic heterocycles. The normalized spacial score (nSPS) is 18.1. The Labute approximate surface area is 152 Å². The van der Waals surface area contributed by atoms with Gasteiger partial charge in [0, 0.05) is 5.39 Å². The first-order valence-corrected chi connectivity index (χ1v) is 8.97. The average molecular weight is 350 g/mol. The summed E-state index contributed by atoms with van der Waals surface area (Å²) in [5.74, 6) is 1.48. The summed E-state index contributed by atoms with van der Waals surface area (Å²) >= 11 is 0. The van der Waals surface area contributed by atoms with Crippen molar-refractivity contribution in [2.24, 2.45) is 0 Å². The second-order valence-electron chi connectivity index (χ2n) is 6.59. The van der Waals surface area contributed by atoms with Crippen LogP contribution in [-0.2, 0) is 4.79 Å². The molecule has 6 heteroatoms. The number of H-pyrrole nitrogens is 1. The number of benzene rings is 1. The molecule has 1 N–H and O–H groups in total. The highest BCUT2D eigenvalue weighted by Gasteiger charge is 2.26. The van der Waals surface area contributed by atoms with Crippen molar-refractivity contribution in [2.45, 2.75) is 25.3 Å². The summed E-state index contributed by atoms with van der Waals surface area (Å²) < 4.78 is 5.51. The number of hydrogen-bond donors (Lipinski definition) is 1. The van der Waals surface area contributed by atoms with Crippen LogP contribution in [0.2, 0.25) is 0 Å².